The van der Waals surface area contributed by atoms with E-state index in [1.807, 2.05) is 48.5 Å². The van der Waals surface area contributed by atoms with Gasteiger partial charge in [-0.1, -0.05) is 49.2 Å². The highest BCUT2D eigenvalue weighted by Crippen LogP contribution is 2.43. The van der Waals surface area contributed by atoms with E-state index < -0.39 is 11.8 Å². The zero-order valence-corrected chi connectivity index (χ0v) is 17.0. The first-order valence-corrected chi connectivity index (χ1v) is 9.90. The average molecular weight is 396 g/mol. The molecule has 3 rings (SSSR count). The van der Waals surface area contributed by atoms with Crippen LogP contribution >= 0.6 is 0 Å². The number of carbonyl (C=O) groups is 2. The maximum Gasteiger partial charge on any atom is 0.309 e. The lowest BCUT2D eigenvalue weighted by Gasteiger charge is -2.30. The fourth-order valence-electron chi connectivity index (χ4n) is 3.97. The van der Waals surface area contributed by atoms with E-state index in [0.29, 0.717) is 24.6 Å². The molecule has 1 saturated carbocycles. The molecular weight excluding hydrogens is 368 g/mol. The maximum atomic E-state index is 12.4. The summed E-state index contributed by atoms with van der Waals surface area (Å²) in [7, 11) is 3.22. The SMILES string of the molecule is COc1ccc(C2(CNC(=O)C(=O)NCc3ccccc3)CCCC2)cc1OC. The molecule has 0 heterocycles. The molecule has 2 N–H and O–H groups in total. The van der Waals surface area contributed by atoms with Gasteiger partial charge in [0.05, 0.1) is 14.2 Å². The Balaban J connectivity index is 1.64. The monoisotopic (exact) mass is 396 g/mol. The molecule has 154 valence electrons. The molecule has 6 nitrogen and oxygen atoms in total. The summed E-state index contributed by atoms with van der Waals surface area (Å²) in [6.45, 7) is 0.744. The van der Waals surface area contributed by atoms with E-state index in [4.69, 9.17) is 9.47 Å². The quantitative estimate of drug-likeness (QED) is 0.706. The summed E-state index contributed by atoms with van der Waals surface area (Å²) in [5, 5.41) is 5.52. The van der Waals surface area contributed by atoms with Gasteiger partial charge in [0, 0.05) is 18.5 Å². The van der Waals surface area contributed by atoms with Crippen molar-refractivity contribution in [3.05, 3.63) is 59.7 Å². The number of methoxy groups -OCH3 is 2. The number of amides is 2. The van der Waals surface area contributed by atoms with Crippen LogP contribution in [0.4, 0.5) is 0 Å². The fraction of sp³-hybridized carbons (Fsp3) is 0.391. The smallest absolute Gasteiger partial charge is 0.309 e. The molecule has 2 amide bonds. The molecule has 0 radical (unpaired) electrons. The third-order valence-corrected chi connectivity index (χ3v) is 5.65. The Kier molecular flexibility index (Phi) is 6.75. The van der Waals surface area contributed by atoms with Crippen molar-refractivity contribution in [2.75, 3.05) is 20.8 Å². The van der Waals surface area contributed by atoms with Gasteiger partial charge in [-0.3, -0.25) is 9.59 Å². The normalized spacial score (nSPS) is 14.8. The molecule has 6 heteroatoms. The van der Waals surface area contributed by atoms with E-state index in [-0.39, 0.29) is 5.41 Å². The van der Waals surface area contributed by atoms with Crippen LogP contribution in [0.5, 0.6) is 11.5 Å². The van der Waals surface area contributed by atoms with Crippen molar-refractivity contribution in [3.8, 4) is 11.5 Å². The number of hydrogen-bond acceptors (Lipinski definition) is 4. The lowest BCUT2D eigenvalue weighted by Crippen LogP contribution is -2.45. The number of benzene rings is 2. The zero-order chi connectivity index (χ0) is 20.7. The minimum Gasteiger partial charge on any atom is -0.493 e. The van der Waals surface area contributed by atoms with E-state index >= 15 is 0 Å². The summed E-state index contributed by atoms with van der Waals surface area (Å²) in [4.78, 5) is 24.5. The van der Waals surface area contributed by atoms with E-state index in [0.717, 1.165) is 36.8 Å². The first-order chi connectivity index (χ1) is 14.1. The standard InChI is InChI=1S/C23H28N2O4/c1-28-19-11-10-18(14-20(19)29-2)23(12-6-7-13-23)16-25-22(27)21(26)24-15-17-8-4-3-5-9-17/h3-5,8-11,14H,6-7,12-13,15-16H2,1-2H3,(H,24,26)(H,25,27). The van der Waals surface area contributed by atoms with Gasteiger partial charge in [-0.2, -0.15) is 0 Å². The predicted molar refractivity (Wildman–Crippen MR) is 111 cm³/mol. The van der Waals surface area contributed by atoms with Crippen molar-refractivity contribution in [1.29, 1.82) is 0 Å². The Hall–Kier alpha value is -3.02. The molecule has 2 aromatic rings. The molecule has 2 aromatic carbocycles. The molecular formula is C23H28N2O4. The molecule has 0 aromatic heterocycles. The average Bonchev–Trinajstić information content (AvgIpc) is 3.26. The molecule has 0 unspecified atom stereocenters. The van der Waals surface area contributed by atoms with Crippen LogP contribution < -0.4 is 20.1 Å². The molecule has 1 fully saturated rings. The number of carbonyl (C=O) groups excluding carboxylic acids is 2. The second-order valence-corrected chi connectivity index (χ2v) is 7.41. The lowest BCUT2D eigenvalue weighted by atomic mass is 9.78. The van der Waals surface area contributed by atoms with E-state index in [9.17, 15) is 9.59 Å². The minimum absolute atomic E-state index is 0.199. The topological polar surface area (TPSA) is 76.7 Å². The van der Waals surface area contributed by atoms with E-state index in [1.54, 1.807) is 14.2 Å². The van der Waals surface area contributed by atoms with Crippen LogP contribution in [0, 0.1) is 0 Å². The van der Waals surface area contributed by atoms with Gasteiger partial charge in [-0.05, 0) is 36.1 Å². The number of rotatable bonds is 7. The van der Waals surface area contributed by atoms with Gasteiger partial charge >= 0.3 is 11.8 Å². The Morgan fingerprint density at radius 2 is 1.55 bits per heavy atom. The summed E-state index contributed by atoms with van der Waals surface area (Å²) >= 11 is 0. The van der Waals surface area contributed by atoms with Gasteiger partial charge in [0.25, 0.3) is 0 Å². The van der Waals surface area contributed by atoms with Crippen molar-refractivity contribution < 1.29 is 19.1 Å². The fourth-order valence-corrected chi connectivity index (χ4v) is 3.97. The Bertz CT molecular complexity index is 845. The van der Waals surface area contributed by atoms with Crippen molar-refractivity contribution in [2.45, 2.75) is 37.6 Å². The van der Waals surface area contributed by atoms with Crippen LogP contribution in [-0.2, 0) is 21.5 Å². The molecule has 1 aliphatic carbocycles. The van der Waals surface area contributed by atoms with Crippen LogP contribution in [0.2, 0.25) is 0 Å². The minimum atomic E-state index is -0.616. The molecule has 0 atom stereocenters. The molecule has 0 saturated heterocycles. The maximum absolute atomic E-state index is 12.4. The highest BCUT2D eigenvalue weighted by molar-refractivity contribution is 6.35. The van der Waals surface area contributed by atoms with E-state index in [2.05, 4.69) is 10.6 Å². The Morgan fingerprint density at radius 3 is 2.21 bits per heavy atom. The number of hydrogen-bond donors (Lipinski definition) is 2. The largest absolute Gasteiger partial charge is 0.493 e. The first kappa shape index (κ1) is 20.7. The van der Waals surface area contributed by atoms with Crippen molar-refractivity contribution >= 4 is 11.8 Å². The number of ether oxygens (including phenoxy) is 2. The van der Waals surface area contributed by atoms with Gasteiger partial charge in [0.1, 0.15) is 0 Å². The van der Waals surface area contributed by atoms with Gasteiger partial charge in [-0.15, -0.1) is 0 Å². The zero-order valence-electron chi connectivity index (χ0n) is 17.0. The van der Waals surface area contributed by atoms with E-state index in [1.165, 1.54) is 0 Å². The van der Waals surface area contributed by atoms with Crippen LogP contribution in [0.15, 0.2) is 48.5 Å². The van der Waals surface area contributed by atoms with Crippen LogP contribution in [0.3, 0.4) is 0 Å². The van der Waals surface area contributed by atoms with Gasteiger partial charge in [-0.25, -0.2) is 0 Å². The Morgan fingerprint density at radius 1 is 0.897 bits per heavy atom. The summed E-state index contributed by atoms with van der Waals surface area (Å²) in [6.07, 6.45) is 4.08. The highest BCUT2D eigenvalue weighted by Gasteiger charge is 2.37. The molecule has 0 spiro atoms. The summed E-state index contributed by atoms with van der Waals surface area (Å²) < 4.78 is 10.8. The molecule has 29 heavy (non-hydrogen) atoms. The van der Waals surface area contributed by atoms with Crippen LogP contribution in [-0.4, -0.2) is 32.6 Å². The summed E-state index contributed by atoms with van der Waals surface area (Å²) in [6, 6.07) is 15.4. The second-order valence-electron chi connectivity index (χ2n) is 7.41. The van der Waals surface area contributed by atoms with Crippen LogP contribution in [0.25, 0.3) is 0 Å². The summed E-state index contributed by atoms with van der Waals surface area (Å²) in [5.41, 5.74) is 1.85. The molecule has 0 aliphatic heterocycles. The van der Waals surface area contributed by atoms with Crippen molar-refractivity contribution in [3.63, 3.8) is 0 Å². The number of nitrogens with one attached hydrogen (secondary N) is 2. The van der Waals surface area contributed by atoms with Crippen molar-refractivity contribution in [1.82, 2.24) is 10.6 Å². The van der Waals surface area contributed by atoms with Crippen molar-refractivity contribution in [2.24, 2.45) is 0 Å². The molecule has 1 aliphatic rings. The van der Waals surface area contributed by atoms with Gasteiger partial charge in [0.2, 0.25) is 0 Å². The third kappa shape index (κ3) is 4.88. The highest BCUT2D eigenvalue weighted by atomic mass is 16.5. The van der Waals surface area contributed by atoms with Gasteiger partial charge < -0.3 is 20.1 Å². The third-order valence-electron chi connectivity index (χ3n) is 5.65. The first-order valence-electron chi connectivity index (χ1n) is 9.90. The predicted octanol–water partition coefficient (Wildman–Crippen LogP) is 2.95. The lowest BCUT2D eigenvalue weighted by molar-refractivity contribution is -0.139. The summed E-state index contributed by atoms with van der Waals surface area (Å²) in [5.74, 6) is 0.124. The Labute approximate surface area is 171 Å². The molecule has 0 bridgehead atoms. The van der Waals surface area contributed by atoms with Gasteiger partial charge in [0.15, 0.2) is 11.5 Å². The van der Waals surface area contributed by atoms with Crippen LogP contribution in [0.1, 0.15) is 36.8 Å². The second kappa shape index (κ2) is 9.45.